The van der Waals surface area contributed by atoms with Gasteiger partial charge in [-0.3, -0.25) is 10.1 Å². The maximum absolute atomic E-state index is 10.2. The van der Waals surface area contributed by atoms with E-state index in [0.717, 1.165) is 12.8 Å². The van der Waals surface area contributed by atoms with Crippen molar-refractivity contribution < 1.29 is 14.4 Å². The van der Waals surface area contributed by atoms with E-state index in [-0.39, 0.29) is 11.4 Å². The van der Waals surface area contributed by atoms with Gasteiger partial charge in [-0.05, 0) is 36.8 Å². The van der Waals surface area contributed by atoms with Crippen LogP contribution in [0.5, 0.6) is 11.5 Å². The van der Waals surface area contributed by atoms with Gasteiger partial charge in [0.05, 0.1) is 29.5 Å². The Balaban J connectivity index is 0.000000516. The topological polar surface area (TPSA) is 166 Å². The number of ether oxygens (including phenoxy) is 2. The van der Waals surface area contributed by atoms with Crippen molar-refractivity contribution >= 4 is 28.4 Å². The number of unbranched alkanes of at least 4 members (excludes halogenated alkanes) is 2. The van der Waals surface area contributed by atoms with Crippen LogP contribution in [-0.4, -0.2) is 18.1 Å². The van der Waals surface area contributed by atoms with E-state index in [9.17, 15) is 10.1 Å². The van der Waals surface area contributed by atoms with Gasteiger partial charge in [0.15, 0.2) is 0 Å². The first kappa shape index (κ1) is 31.7. The Kier molecular flexibility index (Phi) is 14.7. The van der Waals surface area contributed by atoms with Gasteiger partial charge in [-0.1, -0.05) is 66.2 Å². The van der Waals surface area contributed by atoms with E-state index in [1.54, 1.807) is 0 Å². The highest BCUT2D eigenvalue weighted by Crippen LogP contribution is 2.34. The van der Waals surface area contributed by atoms with Crippen molar-refractivity contribution in [2.45, 2.75) is 79.1 Å². The fraction of sp³-hybridized carbons (Fsp3) is 0.571. The first-order valence-corrected chi connectivity index (χ1v) is 13.4. The fourth-order valence-corrected chi connectivity index (χ4v) is 3.77. The molecule has 0 heterocycles. The SMILES string of the molecule is CCCCC(CC)COc1cc(N)c(OCC(CC)CCCC)cc1N.Nc1ccc(N)c([N+](=O)[O-])c1. The number of nitrogens with zero attached hydrogens (tertiary/aromatic N) is 1. The van der Waals surface area contributed by atoms with Gasteiger partial charge in [-0.25, -0.2) is 0 Å². The summed E-state index contributed by atoms with van der Waals surface area (Å²) in [4.78, 5) is 9.68. The molecule has 9 nitrogen and oxygen atoms in total. The lowest BCUT2D eigenvalue weighted by Crippen LogP contribution is -2.14. The van der Waals surface area contributed by atoms with Crippen molar-refractivity contribution in [3.05, 3.63) is 40.4 Å². The molecule has 2 unspecified atom stereocenters. The number of hydrogen-bond donors (Lipinski definition) is 4. The molecule has 0 amide bonds. The van der Waals surface area contributed by atoms with Crippen LogP contribution in [0.3, 0.4) is 0 Å². The third kappa shape index (κ3) is 11.5. The average Bonchev–Trinajstić information content (AvgIpc) is 2.88. The molecule has 0 saturated carbocycles. The van der Waals surface area contributed by atoms with Gasteiger partial charge < -0.3 is 32.4 Å². The summed E-state index contributed by atoms with van der Waals surface area (Å²) >= 11 is 0. The molecule has 0 bridgehead atoms. The largest absolute Gasteiger partial charge is 0.491 e. The first-order chi connectivity index (χ1) is 17.7. The molecule has 0 fully saturated rings. The molecule has 2 aromatic carbocycles. The van der Waals surface area contributed by atoms with E-state index in [1.165, 1.54) is 56.7 Å². The van der Waals surface area contributed by atoms with Crippen LogP contribution in [0.15, 0.2) is 30.3 Å². The van der Waals surface area contributed by atoms with Crippen LogP contribution in [0.2, 0.25) is 0 Å². The number of rotatable bonds is 15. The van der Waals surface area contributed by atoms with Crippen LogP contribution in [-0.2, 0) is 0 Å². The van der Waals surface area contributed by atoms with Crippen LogP contribution >= 0.6 is 0 Å². The Morgan fingerprint density at radius 1 is 0.757 bits per heavy atom. The van der Waals surface area contributed by atoms with E-state index < -0.39 is 4.92 Å². The molecule has 37 heavy (non-hydrogen) atoms. The average molecular weight is 518 g/mol. The summed E-state index contributed by atoms with van der Waals surface area (Å²) in [6.07, 6.45) is 9.54. The summed E-state index contributed by atoms with van der Waals surface area (Å²) in [5.41, 5.74) is 24.5. The smallest absolute Gasteiger partial charge is 0.294 e. The lowest BCUT2D eigenvalue weighted by molar-refractivity contribution is -0.383. The molecular weight excluding hydrogens is 470 g/mol. The van der Waals surface area contributed by atoms with E-state index in [2.05, 4.69) is 27.7 Å². The third-order valence-electron chi connectivity index (χ3n) is 6.43. The van der Waals surface area contributed by atoms with Crippen molar-refractivity contribution in [3.8, 4) is 11.5 Å². The molecule has 0 spiro atoms. The summed E-state index contributed by atoms with van der Waals surface area (Å²) in [6.45, 7) is 10.2. The molecule has 208 valence electrons. The molecule has 2 rings (SSSR count). The highest BCUT2D eigenvalue weighted by molar-refractivity contribution is 5.67. The normalized spacial score (nSPS) is 12.2. The van der Waals surface area contributed by atoms with E-state index in [0.29, 0.717) is 53.6 Å². The highest BCUT2D eigenvalue weighted by Gasteiger charge is 2.14. The predicted octanol–water partition coefficient (Wildman–Crippen LogP) is 6.80. The zero-order chi connectivity index (χ0) is 27.8. The van der Waals surface area contributed by atoms with Crippen molar-refractivity contribution in [2.75, 3.05) is 36.1 Å². The van der Waals surface area contributed by atoms with Gasteiger partial charge in [0.2, 0.25) is 0 Å². The van der Waals surface area contributed by atoms with E-state index >= 15 is 0 Å². The van der Waals surface area contributed by atoms with Gasteiger partial charge in [0.25, 0.3) is 5.69 Å². The molecule has 0 aliphatic carbocycles. The van der Waals surface area contributed by atoms with Gasteiger partial charge in [-0.15, -0.1) is 0 Å². The Labute approximate surface area is 222 Å². The minimum absolute atomic E-state index is 0.129. The molecule has 8 N–H and O–H groups in total. The fourth-order valence-electron chi connectivity index (χ4n) is 3.77. The number of anilines is 4. The third-order valence-corrected chi connectivity index (χ3v) is 6.43. The van der Waals surface area contributed by atoms with Gasteiger partial charge in [0, 0.05) is 23.9 Å². The zero-order valence-corrected chi connectivity index (χ0v) is 23.0. The molecule has 0 saturated heterocycles. The van der Waals surface area contributed by atoms with E-state index in [1.807, 2.05) is 12.1 Å². The quantitative estimate of drug-likeness (QED) is 0.114. The Bertz CT molecular complexity index is 909. The Morgan fingerprint density at radius 2 is 1.22 bits per heavy atom. The summed E-state index contributed by atoms with van der Waals surface area (Å²) in [5.74, 6) is 2.47. The minimum Gasteiger partial charge on any atom is -0.491 e. The number of nitrogen functional groups attached to an aromatic ring is 4. The highest BCUT2D eigenvalue weighted by atomic mass is 16.6. The molecule has 0 radical (unpaired) electrons. The number of nitro groups is 1. The second kappa shape index (κ2) is 17.2. The van der Waals surface area contributed by atoms with Crippen molar-refractivity contribution in [1.29, 1.82) is 0 Å². The summed E-state index contributed by atoms with van der Waals surface area (Å²) in [5, 5.41) is 10.2. The lowest BCUT2D eigenvalue weighted by Gasteiger charge is -2.19. The van der Waals surface area contributed by atoms with Gasteiger partial charge in [-0.2, -0.15) is 0 Å². The summed E-state index contributed by atoms with van der Waals surface area (Å²) in [7, 11) is 0. The van der Waals surface area contributed by atoms with Crippen LogP contribution in [0.25, 0.3) is 0 Å². The number of nitrogens with two attached hydrogens (primary N) is 4. The minimum atomic E-state index is -0.564. The monoisotopic (exact) mass is 517 g/mol. The molecular formula is C28H47N5O4. The maximum Gasteiger partial charge on any atom is 0.294 e. The van der Waals surface area contributed by atoms with Crippen LogP contribution in [0, 0.1) is 22.0 Å². The Hall–Kier alpha value is -3.36. The van der Waals surface area contributed by atoms with Crippen LogP contribution in [0.1, 0.15) is 79.1 Å². The second-order valence-corrected chi connectivity index (χ2v) is 9.46. The lowest BCUT2D eigenvalue weighted by atomic mass is 10.0. The van der Waals surface area contributed by atoms with Crippen LogP contribution < -0.4 is 32.4 Å². The summed E-state index contributed by atoms with van der Waals surface area (Å²) in [6, 6.07) is 7.78. The zero-order valence-electron chi connectivity index (χ0n) is 23.0. The number of nitro benzene ring substituents is 1. The summed E-state index contributed by atoms with van der Waals surface area (Å²) < 4.78 is 11.9. The molecule has 2 atom stereocenters. The molecule has 0 aliphatic heterocycles. The molecule has 9 heteroatoms. The van der Waals surface area contributed by atoms with Gasteiger partial charge in [0.1, 0.15) is 17.2 Å². The number of benzene rings is 2. The molecule has 0 aromatic heterocycles. The van der Waals surface area contributed by atoms with E-state index in [4.69, 9.17) is 32.4 Å². The van der Waals surface area contributed by atoms with Crippen molar-refractivity contribution in [1.82, 2.24) is 0 Å². The second-order valence-electron chi connectivity index (χ2n) is 9.46. The van der Waals surface area contributed by atoms with Crippen molar-refractivity contribution in [3.63, 3.8) is 0 Å². The van der Waals surface area contributed by atoms with Crippen LogP contribution in [0.4, 0.5) is 28.4 Å². The maximum atomic E-state index is 10.2. The number of hydrogen-bond acceptors (Lipinski definition) is 8. The predicted molar refractivity (Wildman–Crippen MR) is 155 cm³/mol. The first-order valence-electron chi connectivity index (χ1n) is 13.4. The Morgan fingerprint density at radius 3 is 1.57 bits per heavy atom. The van der Waals surface area contributed by atoms with Gasteiger partial charge >= 0.3 is 0 Å². The molecule has 0 aliphatic rings. The van der Waals surface area contributed by atoms with Crippen molar-refractivity contribution in [2.24, 2.45) is 11.8 Å². The standard InChI is InChI=1S/C22H40N2O2.C6H7N3O2/c1-5-9-11-17(7-3)15-25-21-13-20(24)22(14-19(21)23)26-16-18(8-4)12-10-6-2;7-4-1-2-5(8)6(3-4)9(10)11/h13-14,17-18H,5-12,15-16,23-24H2,1-4H3;1-3H,7-8H2. The molecule has 2 aromatic rings.